The van der Waals surface area contributed by atoms with Crippen molar-refractivity contribution in [2.45, 2.75) is 0 Å². The van der Waals surface area contributed by atoms with Crippen molar-refractivity contribution in [2.24, 2.45) is 0 Å². The van der Waals surface area contributed by atoms with Crippen LogP contribution in [0, 0.1) is 11.6 Å². The Morgan fingerprint density at radius 3 is 2.52 bits per heavy atom. The van der Waals surface area contributed by atoms with Gasteiger partial charge in [-0.2, -0.15) is 0 Å². The number of para-hydroxylation sites is 1. The van der Waals surface area contributed by atoms with Crippen molar-refractivity contribution in [3.8, 4) is 0 Å². The molecule has 0 aromatic heterocycles. The average Bonchev–Trinajstić information content (AvgIpc) is 2.45. The fraction of sp³-hybridized carbons (Fsp3) is 0. The lowest BCUT2D eigenvalue weighted by Gasteiger charge is -2.14. The van der Waals surface area contributed by atoms with Crippen LogP contribution in [0.15, 0.2) is 30.3 Å². The number of hydrogen-bond donors (Lipinski definition) is 2. The number of hydrogen-bond acceptors (Lipinski definition) is 3. The molecule has 2 N–H and O–H groups in total. The fourth-order valence-electron chi connectivity index (χ4n) is 1.78. The maximum Gasteiger partial charge on any atom is 0.338 e. The maximum absolute atomic E-state index is 13.9. The zero-order valence-corrected chi connectivity index (χ0v) is 11.1. The molecule has 0 bridgehead atoms. The van der Waals surface area contributed by atoms with Gasteiger partial charge in [-0.05, 0) is 18.2 Å². The van der Waals surface area contributed by atoms with Gasteiger partial charge in [-0.3, -0.25) is 4.79 Å². The van der Waals surface area contributed by atoms with E-state index in [1.165, 1.54) is 12.1 Å². The van der Waals surface area contributed by atoms with E-state index in [1.807, 2.05) is 0 Å². The molecular weight excluding hydrogens is 304 g/mol. The van der Waals surface area contributed by atoms with E-state index in [0.717, 1.165) is 0 Å². The number of carbonyl (C=O) groups is 2. The van der Waals surface area contributed by atoms with E-state index in [2.05, 4.69) is 5.32 Å². The van der Waals surface area contributed by atoms with E-state index >= 15 is 0 Å². The van der Waals surface area contributed by atoms with Gasteiger partial charge in [0.2, 0.25) is 0 Å². The lowest BCUT2D eigenvalue weighted by Crippen LogP contribution is -2.11. The van der Waals surface area contributed by atoms with Crippen LogP contribution in [0.2, 0.25) is 5.02 Å². The van der Waals surface area contributed by atoms with Crippen molar-refractivity contribution in [2.75, 3.05) is 5.32 Å². The first-order valence-corrected chi connectivity index (χ1v) is 6.05. The van der Waals surface area contributed by atoms with Gasteiger partial charge in [0, 0.05) is 5.56 Å². The summed E-state index contributed by atoms with van der Waals surface area (Å²) in [6, 6.07) is 6.67. The number of rotatable bonds is 4. The van der Waals surface area contributed by atoms with Crippen molar-refractivity contribution in [1.29, 1.82) is 0 Å². The van der Waals surface area contributed by atoms with Gasteiger partial charge in [0.15, 0.2) is 17.9 Å². The van der Waals surface area contributed by atoms with Crippen LogP contribution in [-0.4, -0.2) is 17.4 Å². The van der Waals surface area contributed by atoms with E-state index in [-0.39, 0.29) is 17.0 Å². The molecule has 21 heavy (non-hydrogen) atoms. The minimum absolute atomic E-state index is 0.143. The molecule has 0 heterocycles. The Morgan fingerprint density at radius 2 is 1.95 bits per heavy atom. The van der Waals surface area contributed by atoms with E-state index < -0.39 is 34.4 Å². The second kappa shape index (κ2) is 5.88. The molecule has 0 amide bonds. The largest absolute Gasteiger partial charge is 0.478 e. The number of carbonyl (C=O) groups excluding carboxylic acids is 1. The number of carboxylic acid groups (broad SMARTS) is 1. The van der Waals surface area contributed by atoms with Crippen molar-refractivity contribution >= 4 is 35.2 Å². The maximum atomic E-state index is 13.9. The summed E-state index contributed by atoms with van der Waals surface area (Å²) < 4.78 is 27.4. The number of anilines is 2. The molecular formula is C14H8ClF2NO3. The van der Waals surface area contributed by atoms with Gasteiger partial charge in [0.25, 0.3) is 0 Å². The van der Waals surface area contributed by atoms with Gasteiger partial charge in [-0.15, -0.1) is 0 Å². The number of nitrogens with one attached hydrogen (secondary N) is 1. The molecule has 0 radical (unpaired) electrons. The molecule has 0 spiro atoms. The number of halogens is 3. The van der Waals surface area contributed by atoms with Gasteiger partial charge < -0.3 is 10.4 Å². The zero-order valence-electron chi connectivity index (χ0n) is 10.4. The number of aldehydes is 1. The molecule has 0 atom stereocenters. The van der Waals surface area contributed by atoms with E-state index in [9.17, 15) is 18.4 Å². The molecule has 4 nitrogen and oxygen atoms in total. The van der Waals surface area contributed by atoms with Crippen LogP contribution in [0.25, 0.3) is 0 Å². The Hall–Kier alpha value is -2.47. The predicted octanol–water partition coefficient (Wildman–Crippen LogP) is 3.87. The highest BCUT2D eigenvalue weighted by Crippen LogP contribution is 2.31. The first-order valence-electron chi connectivity index (χ1n) is 5.67. The van der Waals surface area contributed by atoms with Crippen LogP contribution in [-0.2, 0) is 0 Å². The molecule has 0 aliphatic heterocycles. The Morgan fingerprint density at radius 1 is 1.29 bits per heavy atom. The van der Waals surface area contributed by atoms with E-state index in [4.69, 9.17) is 16.7 Å². The highest BCUT2D eigenvalue weighted by molar-refractivity contribution is 6.33. The molecule has 0 fully saturated rings. The first-order chi connectivity index (χ1) is 9.95. The van der Waals surface area contributed by atoms with Crippen molar-refractivity contribution in [3.05, 3.63) is 58.1 Å². The van der Waals surface area contributed by atoms with Gasteiger partial charge >= 0.3 is 5.97 Å². The molecule has 0 saturated carbocycles. The van der Waals surface area contributed by atoms with Crippen LogP contribution in [0.3, 0.4) is 0 Å². The Balaban J connectivity index is 2.67. The monoisotopic (exact) mass is 311 g/mol. The minimum atomic E-state index is -1.56. The van der Waals surface area contributed by atoms with E-state index in [1.54, 1.807) is 12.1 Å². The summed E-state index contributed by atoms with van der Waals surface area (Å²) in [4.78, 5) is 22.1. The quantitative estimate of drug-likeness (QED) is 0.841. The van der Waals surface area contributed by atoms with Gasteiger partial charge in [0.05, 0.1) is 22.0 Å². The topological polar surface area (TPSA) is 66.4 Å². The molecule has 0 aliphatic rings. The van der Waals surface area contributed by atoms with Gasteiger partial charge in [-0.25, -0.2) is 13.6 Å². The standard InChI is InChI=1S/C14H8ClF2NO3/c15-8-3-1-2-4-10(8)18-13-11(14(20)21)7(6-19)5-9(16)12(13)17/h1-6,18H,(H,20,21). The highest BCUT2D eigenvalue weighted by Gasteiger charge is 2.23. The van der Waals surface area contributed by atoms with Crippen LogP contribution < -0.4 is 5.32 Å². The fourth-order valence-corrected chi connectivity index (χ4v) is 1.97. The van der Waals surface area contributed by atoms with Crippen molar-refractivity contribution < 1.29 is 23.5 Å². The molecule has 2 aromatic carbocycles. The van der Waals surface area contributed by atoms with Gasteiger partial charge in [-0.1, -0.05) is 23.7 Å². The molecule has 0 unspecified atom stereocenters. The molecule has 2 rings (SSSR count). The zero-order chi connectivity index (χ0) is 15.6. The lowest BCUT2D eigenvalue weighted by molar-refractivity contribution is 0.0694. The summed E-state index contributed by atoms with van der Waals surface area (Å²) in [5.41, 5.74) is -1.61. The Bertz CT molecular complexity index is 734. The van der Waals surface area contributed by atoms with Crippen molar-refractivity contribution in [1.82, 2.24) is 0 Å². The number of benzene rings is 2. The molecule has 0 saturated heterocycles. The first kappa shape index (κ1) is 14.9. The summed E-state index contributed by atoms with van der Waals surface area (Å²) in [7, 11) is 0. The van der Waals surface area contributed by atoms with Crippen LogP contribution in [0.1, 0.15) is 20.7 Å². The third kappa shape index (κ3) is 2.85. The highest BCUT2D eigenvalue weighted by atomic mass is 35.5. The van der Waals surface area contributed by atoms with Crippen LogP contribution in [0.4, 0.5) is 20.2 Å². The summed E-state index contributed by atoms with van der Waals surface area (Å²) in [6.07, 6.45) is 0.143. The number of carboxylic acids is 1. The second-order valence-electron chi connectivity index (χ2n) is 4.04. The minimum Gasteiger partial charge on any atom is -0.478 e. The smallest absolute Gasteiger partial charge is 0.338 e. The summed E-state index contributed by atoms with van der Waals surface area (Å²) in [5.74, 6) is -4.31. The second-order valence-corrected chi connectivity index (χ2v) is 4.45. The summed E-state index contributed by atoms with van der Waals surface area (Å²) in [6.45, 7) is 0. The predicted molar refractivity (Wildman–Crippen MR) is 73.4 cm³/mol. The van der Waals surface area contributed by atoms with Crippen LogP contribution >= 0.6 is 11.6 Å². The molecule has 108 valence electrons. The molecule has 0 aliphatic carbocycles. The van der Waals surface area contributed by atoms with Crippen molar-refractivity contribution in [3.63, 3.8) is 0 Å². The molecule has 2 aromatic rings. The van der Waals surface area contributed by atoms with E-state index in [0.29, 0.717) is 6.07 Å². The summed E-state index contributed by atoms with van der Waals surface area (Å²) >= 11 is 5.88. The summed E-state index contributed by atoms with van der Waals surface area (Å²) in [5, 5.41) is 11.7. The third-order valence-corrected chi connectivity index (χ3v) is 3.05. The normalized spacial score (nSPS) is 10.2. The third-order valence-electron chi connectivity index (χ3n) is 2.72. The molecule has 7 heteroatoms. The Labute approximate surface area is 123 Å². The number of aromatic carboxylic acids is 1. The van der Waals surface area contributed by atoms with Crippen LogP contribution in [0.5, 0.6) is 0 Å². The average molecular weight is 312 g/mol. The van der Waals surface area contributed by atoms with Gasteiger partial charge in [0.1, 0.15) is 0 Å². The SMILES string of the molecule is O=Cc1cc(F)c(F)c(Nc2ccccc2Cl)c1C(=O)O. The Kier molecular flexibility index (Phi) is 4.18. The lowest BCUT2D eigenvalue weighted by atomic mass is 10.0.